The van der Waals surface area contributed by atoms with E-state index in [0.29, 0.717) is 10.6 Å². The lowest BCUT2D eigenvalue weighted by molar-refractivity contribution is -0.138. The van der Waals surface area contributed by atoms with Crippen molar-refractivity contribution in [3.05, 3.63) is 51.7 Å². The molecule has 102 valence electrons. The van der Waals surface area contributed by atoms with Crippen LogP contribution >= 0.6 is 11.3 Å². The van der Waals surface area contributed by atoms with Crippen molar-refractivity contribution in [3.8, 4) is 5.75 Å². The number of thiophene rings is 1. The quantitative estimate of drug-likeness (QED) is 0.929. The molecule has 1 aromatic heterocycles. The molecule has 1 heterocycles. The third-order valence-electron chi connectivity index (χ3n) is 2.66. The second-order valence-corrected chi connectivity index (χ2v) is 4.82. The maximum atomic E-state index is 12.9. The number of rotatable bonds is 3. The standard InChI is InChI=1S/C13H11F3O2S/c1-18-8-6-11(19-7-8)12(17)9-4-2-3-5-10(9)13(14,15)16/h2-7,12,17H,1H3. The molecule has 2 aromatic rings. The molecular weight excluding hydrogens is 277 g/mol. The van der Waals surface area contributed by atoms with Gasteiger partial charge in [0.25, 0.3) is 0 Å². The molecule has 0 bridgehead atoms. The predicted molar refractivity (Wildman–Crippen MR) is 66.4 cm³/mol. The molecule has 0 saturated carbocycles. The third-order valence-corrected chi connectivity index (χ3v) is 3.63. The van der Waals surface area contributed by atoms with Crippen LogP contribution in [0.25, 0.3) is 0 Å². The monoisotopic (exact) mass is 288 g/mol. The molecule has 0 fully saturated rings. The second-order valence-electron chi connectivity index (χ2n) is 3.88. The van der Waals surface area contributed by atoms with E-state index in [1.807, 2.05) is 0 Å². The summed E-state index contributed by atoms with van der Waals surface area (Å²) >= 11 is 1.15. The minimum absolute atomic E-state index is 0.153. The van der Waals surface area contributed by atoms with E-state index in [1.165, 1.54) is 31.4 Å². The van der Waals surface area contributed by atoms with Gasteiger partial charge in [0, 0.05) is 10.3 Å². The summed E-state index contributed by atoms with van der Waals surface area (Å²) in [6.07, 6.45) is -5.80. The van der Waals surface area contributed by atoms with Gasteiger partial charge >= 0.3 is 6.18 Å². The van der Waals surface area contributed by atoms with Crippen molar-refractivity contribution in [2.75, 3.05) is 7.11 Å². The first kappa shape index (κ1) is 13.9. The van der Waals surface area contributed by atoms with Gasteiger partial charge < -0.3 is 9.84 Å². The van der Waals surface area contributed by atoms with Gasteiger partial charge in [-0.05, 0) is 17.7 Å². The zero-order valence-electron chi connectivity index (χ0n) is 9.94. The van der Waals surface area contributed by atoms with Crippen LogP contribution in [0.1, 0.15) is 22.1 Å². The number of halogens is 3. The van der Waals surface area contributed by atoms with E-state index in [1.54, 1.807) is 5.38 Å². The summed E-state index contributed by atoms with van der Waals surface area (Å²) in [6, 6.07) is 6.54. The lowest BCUT2D eigenvalue weighted by Gasteiger charge is -2.16. The van der Waals surface area contributed by atoms with E-state index in [2.05, 4.69) is 0 Å². The van der Waals surface area contributed by atoms with E-state index in [4.69, 9.17) is 4.74 Å². The van der Waals surface area contributed by atoms with E-state index in [0.717, 1.165) is 17.4 Å². The van der Waals surface area contributed by atoms with Crippen molar-refractivity contribution in [2.24, 2.45) is 0 Å². The molecule has 0 aliphatic heterocycles. The van der Waals surface area contributed by atoms with E-state index >= 15 is 0 Å². The van der Waals surface area contributed by atoms with Crippen molar-refractivity contribution < 1.29 is 23.0 Å². The van der Waals surface area contributed by atoms with Crippen LogP contribution in [-0.4, -0.2) is 12.2 Å². The molecular formula is C13H11F3O2S. The van der Waals surface area contributed by atoms with Gasteiger partial charge in [0.05, 0.1) is 12.7 Å². The highest BCUT2D eigenvalue weighted by Crippen LogP contribution is 2.38. The summed E-state index contributed by atoms with van der Waals surface area (Å²) in [7, 11) is 1.46. The van der Waals surface area contributed by atoms with Crippen LogP contribution in [0.5, 0.6) is 5.75 Å². The van der Waals surface area contributed by atoms with Gasteiger partial charge in [-0.1, -0.05) is 18.2 Å². The molecule has 0 aliphatic carbocycles. The Morgan fingerprint density at radius 2 is 1.95 bits per heavy atom. The zero-order chi connectivity index (χ0) is 14.0. The van der Waals surface area contributed by atoms with Crippen LogP contribution in [0.15, 0.2) is 35.7 Å². The summed E-state index contributed by atoms with van der Waals surface area (Å²) in [5, 5.41) is 11.7. The first-order valence-corrected chi connectivity index (χ1v) is 6.28. The van der Waals surface area contributed by atoms with Crippen molar-refractivity contribution in [1.82, 2.24) is 0 Å². The Bertz CT molecular complexity index is 563. The molecule has 1 unspecified atom stereocenters. The Labute approximate surface area is 112 Å². The van der Waals surface area contributed by atoms with Gasteiger partial charge in [-0.15, -0.1) is 11.3 Å². The van der Waals surface area contributed by atoms with E-state index in [9.17, 15) is 18.3 Å². The largest absolute Gasteiger partial charge is 0.496 e. The molecule has 19 heavy (non-hydrogen) atoms. The van der Waals surface area contributed by atoms with Crippen LogP contribution in [0.3, 0.4) is 0 Å². The first-order valence-electron chi connectivity index (χ1n) is 5.40. The average molecular weight is 288 g/mol. The first-order chi connectivity index (χ1) is 8.93. The summed E-state index contributed by atoms with van der Waals surface area (Å²) in [5.41, 5.74) is -0.977. The van der Waals surface area contributed by atoms with E-state index < -0.39 is 17.8 Å². The van der Waals surface area contributed by atoms with Crippen LogP contribution in [0.4, 0.5) is 13.2 Å². The molecule has 2 nitrogen and oxygen atoms in total. The topological polar surface area (TPSA) is 29.5 Å². The maximum absolute atomic E-state index is 12.9. The van der Waals surface area contributed by atoms with Crippen molar-refractivity contribution >= 4 is 11.3 Å². The fourth-order valence-corrected chi connectivity index (χ4v) is 2.59. The fraction of sp³-hybridized carbons (Fsp3) is 0.231. The van der Waals surface area contributed by atoms with Gasteiger partial charge in [-0.3, -0.25) is 0 Å². The Hall–Kier alpha value is -1.53. The summed E-state index contributed by atoms with van der Waals surface area (Å²) in [4.78, 5) is 0.411. The van der Waals surface area contributed by atoms with Crippen LogP contribution < -0.4 is 4.74 Å². The van der Waals surface area contributed by atoms with E-state index in [-0.39, 0.29) is 5.56 Å². The third kappa shape index (κ3) is 2.90. The SMILES string of the molecule is COc1csc(C(O)c2ccccc2C(F)(F)F)c1. The molecule has 6 heteroatoms. The smallest absolute Gasteiger partial charge is 0.416 e. The summed E-state index contributed by atoms with van der Waals surface area (Å²) < 4.78 is 43.5. The lowest BCUT2D eigenvalue weighted by Crippen LogP contribution is -2.12. The fourth-order valence-electron chi connectivity index (χ4n) is 1.73. The van der Waals surface area contributed by atoms with Gasteiger partial charge in [0.2, 0.25) is 0 Å². The minimum atomic E-state index is -4.49. The Balaban J connectivity index is 2.41. The molecule has 0 amide bonds. The van der Waals surface area contributed by atoms with Crippen molar-refractivity contribution in [3.63, 3.8) is 0 Å². The molecule has 0 aliphatic rings. The minimum Gasteiger partial charge on any atom is -0.496 e. The summed E-state index contributed by atoms with van der Waals surface area (Å²) in [6.45, 7) is 0. The Kier molecular flexibility index (Phi) is 3.82. The van der Waals surface area contributed by atoms with Crippen LogP contribution in [0.2, 0.25) is 0 Å². The second kappa shape index (κ2) is 5.22. The number of alkyl halides is 3. The van der Waals surface area contributed by atoms with Crippen LogP contribution in [-0.2, 0) is 6.18 Å². The summed E-state index contributed by atoms with van der Waals surface area (Å²) in [5.74, 6) is 0.517. The number of aliphatic hydroxyl groups excluding tert-OH is 1. The number of hydrogen-bond acceptors (Lipinski definition) is 3. The predicted octanol–water partition coefficient (Wildman–Crippen LogP) is 3.86. The molecule has 1 aromatic carbocycles. The van der Waals surface area contributed by atoms with Gasteiger partial charge in [0.15, 0.2) is 0 Å². The van der Waals surface area contributed by atoms with Gasteiger partial charge in [-0.2, -0.15) is 13.2 Å². The highest BCUT2D eigenvalue weighted by atomic mass is 32.1. The number of methoxy groups -OCH3 is 1. The number of ether oxygens (including phenoxy) is 1. The van der Waals surface area contributed by atoms with Crippen LogP contribution in [0, 0.1) is 0 Å². The molecule has 1 N–H and O–H groups in total. The Morgan fingerprint density at radius 3 is 2.53 bits per heavy atom. The number of aliphatic hydroxyl groups is 1. The highest BCUT2D eigenvalue weighted by molar-refractivity contribution is 7.10. The van der Waals surface area contributed by atoms with Crippen molar-refractivity contribution in [2.45, 2.75) is 12.3 Å². The van der Waals surface area contributed by atoms with Gasteiger partial charge in [-0.25, -0.2) is 0 Å². The van der Waals surface area contributed by atoms with Crippen molar-refractivity contribution in [1.29, 1.82) is 0 Å². The number of benzene rings is 1. The van der Waals surface area contributed by atoms with Gasteiger partial charge in [0.1, 0.15) is 11.9 Å². The molecule has 0 spiro atoms. The highest BCUT2D eigenvalue weighted by Gasteiger charge is 2.35. The lowest BCUT2D eigenvalue weighted by atomic mass is 10.0. The molecule has 2 rings (SSSR count). The molecule has 1 atom stereocenters. The average Bonchev–Trinajstić information content (AvgIpc) is 2.85. The molecule has 0 saturated heterocycles. The Morgan fingerprint density at radius 1 is 1.26 bits per heavy atom. The zero-order valence-corrected chi connectivity index (χ0v) is 10.8. The normalized spacial score (nSPS) is 13.3. The maximum Gasteiger partial charge on any atom is 0.416 e. The number of hydrogen-bond donors (Lipinski definition) is 1. The molecule has 0 radical (unpaired) electrons.